The van der Waals surface area contributed by atoms with Crippen molar-refractivity contribution in [3.8, 4) is 0 Å². The number of hydrogen-bond acceptors (Lipinski definition) is 3. The number of ether oxygens (including phenoxy) is 1. The van der Waals surface area contributed by atoms with Crippen molar-refractivity contribution in [3.63, 3.8) is 0 Å². The maximum absolute atomic E-state index is 11.6. The first kappa shape index (κ1) is 20.0. The molecule has 1 heterocycles. The molecule has 0 spiro atoms. The lowest BCUT2D eigenvalue weighted by atomic mass is 10.1. The van der Waals surface area contributed by atoms with Crippen LogP contribution in [0.3, 0.4) is 0 Å². The van der Waals surface area contributed by atoms with Crippen LogP contribution in [0.15, 0.2) is 0 Å². The Hall–Kier alpha value is -1.06. The minimum absolute atomic E-state index is 0.0802. The molecular formula is C19H35NO3. The first-order chi connectivity index (χ1) is 11.2. The summed E-state index contributed by atoms with van der Waals surface area (Å²) < 4.78 is 5.20. The number of amides is 1. The van der Waals surface area contributed by atoms with Crippen LogP contribution < -0.4 is 0 Å². The van der Waals surface area contributed by atoms with Gasteiger partial charge in [-0.2, -0.15) is 0 Å². The van der Waals surface area contributed by atoms with Crippen molar-refractivity contribution in [1.29, 1.82) is 0 Å². The van der Waals surface area contributed by atoms with Gasteiger partial charge in [-0.3, -0.25) is 9.59 Å². The van der Waals surface area contributed by atoms with Crippen molar-refractivity contribution in [2.75, 3.05) is 19.7 Å². The van der Waals surface area contributed by atoms with E-state index in [1.807, 2.05) is 0 Å². The topological polar surface area (TPSA) is 46.6 Å². The van der Waals surface area contributed by atoms with E-state index in [2.05, 4.69) is 6.92 Å². The Bertz CT molecular complexity index is 331. The van der Waals surface area contributed by atoms with E-state index in [0.717, 1.165) is 19.3 Å². The Kier molecular flexibility index (Phi) is 11.6. The largest absolute Gasteiger partial charge is 0.464 e. The molecule has 0 atom stereocenters. The predicted molar refractivity (Wildman–Crippen MR) is 93.2 cm³/mol. The van der Waals surface area contributed by atoms with Crippen molar-refractivity contribution in [2.24, 2.45) is 0 Å². The lowest BCUT2D eigenvalue weighted by Crippen LogP contribution is -2.31. The summed E-state index contributed by atoms with van der Waals surface area (Å²) in [4.78, 5) is 24.6. The molecule has 0 saturated carbocycles. The molecule has 1 aliphatic heterocycles. The number of unbranched alkanes of at least 4 members (excludes halogenated alkanes) is 10. The molecule has 0 aromatic carbocycles. The maximum Gasteiger partial charge on any atom is 0.325 e. The van der Waals surface area contributed by atoms with Gasteiger partial charge in [0.1, 0.15) is 6.54 Å². The molecule has 1 saturated heterocycles. The second kappa shape index (κ2) is 13.4. The average molecular weight is 325 g/mol. The van der Waals surface area contributed by atoms with Crippen molar-refractivity contribution in [2.45, 2.75) is 90.4 Å². The number of carbonyl (C=O) groups excluding carboxylic acids is 2. The quantitative estimate of drug-likeness (QED) is 0.350. The van der Waals surface area contributed by atoms with E-state index < -0.39 is 0 Å². The zero-order valence-corrected chi connectivity index (χ0v) is 15.0. The lowest BCUT2D eigenvalue weighted by molar-refractivity contribution is -0.148. The van der Waals surface area contributed by atoms with Crippen molar-refractivity contribution >= 4 is 11.9 Å². The minimum atomic E-state index is -0.257. The summed E-state index contributed by atoms with van der Waals surface area (Å²) in [6.07, 6.45) is 15.6. The Morgan fingerprint density at radius 1 is 0.957 bits per heavy atom. The van der Waals surface area contributed by atoms with Crippen LogP contribution in [0.4, 0.5) is 0 Å². The second-order valence-corrected chi connectivity index (χ2v) is 6.67. The smallest absolute Gasteiger partial charge is 0.325 e. The van der Waals surface area contributed by atoms with Gasteiger partial charge in [-0.15, -0.1) is 0 Å². The van der Waals surface area contributed by atoms with Crippen LogP contribution in [0.1, 0.15) is 90.4 Å². The normalized spacial score (nSPS) is 14.5. The third kappa shape index (κ3) is 10.4. The third-order valence-electron chi connectivity index (χ3n) is 4.50. The van der Waals surface area contributed by atoms with Crippen LogP contribution in [0.5, 0.6) is 0 Å². The van der Waals surface area contributed by atoms with Gasteiger partial charge in [0.2, 0.25) is 5.91 Å². The summed E-state index contributed by atoms with van der Waals surface area (Å²) in [6, 6.07) is 0. The summed E-state index contributed by atoms with van der Waals surface area (Å²) in [7, 11) is 0. The van der Waals surface area contributed by atoms with Gasteiger partial charge in [0.15, 0.2) is 0 Å². The fraction of sp³-hybridized carbons (Fsp3) is 0.895. The van der Waals surface area contributed by atoms with E-state index in [-0.39, 0.29) is 18.4 Å². The highest BCUT2D eigenvalue weighted by atomic mass is 16.5. The molecule has 23 heavy (non-hydrogen) atoms. The van der Waals surface area contributed by atoms with Crippen molar-refractivity contribution in [3.05, 3.63) is 0 Å². The highest BCUT2D eigenvalue weighted by Gasteiger charge is 2.22. The Balaban J connectivity index is 1.80. The molecule has 1 rings (SSSR count). The molecule has 0 unspecified atom stereocenters. The summed E-state index contributed by atoms with van der Waals surface area (Å²) in [6.45, 7) is 3.59. The predicted octanol–water partition coefficient (Wildman–Crippen LogP) is 4.46. The van der Waals surface area contributed by atoms with Crippen LogP contribution in [-0.4, -0.2) is 36.5 Å². The number of nitrogens with zero attached hydrogens (tertiary/aromatic N) is 1. The zero-order valence-electron chi connectivity index (χ0n) is 15.0. The molecule has 0 aliphatic carbocycles. The first-order valence-corrected chi connectivity index (χ1v) is 9.67. The summed E-state index contributed by atoms with van der Waals surface area (Å²) in [5, 5.41) is 0. The molecule has 0 aromatic heterocycles. The molecule has 1 aliphatic rings. The fourth-order valence-corrected chi connectivity index (χ4v) is 3.02. The summed E-state index contributed by atoms with van der Waals surface area (Å²) in [5.74, 6) is -0.177. The number of rotatable bonds is 14. The van der Waals surface area contributed by atoms with Crippen molar-refractivity contribution in [1.82, 2.24) is 4.90 Å². The highest BCUT2D eigenvalue weighted by molar-refractivity contribution is 5.83. The van der Waals surface area contributed by atoms with E-state index >= 15 is 0 Å². The number of esters is 1. The van der Waals surface area contributed by atoms with Crippen LogP contribution in [0, 0.1) is 0 Å². The van der Waals surface area contributed by atoms with E-state index in [1.54, 1.807) is 4.90 Å². The molecule has 0 aromatic rings. The van der Waals surface area contributed by atoms with Crippen LogP contribution in [-0.2, 0) is 14.3 Å². The second-order valence-electron chi connectivity index (χ2n) is 6.67. The Labute approximate surface area is 141 Å². The lowest BCUT2D eigenvalue weighted by Gasteiger charge is -2.14. The number of hydrogen-bond donors (Lipinski definition) is 0. The van der Waals surface area contributed by atoms with Gasteiger partial charge in [0.25, 0.3) is 0 Å². The van der Waals surface area contributed by atoms with E-state index in [4.69, 9.17) is 4.74 Å². The molecule has 4 heteroatoms. The molecule has 4 nitrogen and oxygen atoms in total. The zero-order chi connectivity index (χ0) is 16.8. The molecule has 0 N–H and O–H groups in total. The van der Waals surface area contributed by atoms with Crippen LogP contribution >= 0.6 is 0 Å². The standard InChI is InChI=1S/C19H35NO3/c1-2-3-4-5-6-7-8-9-10-11-12-16-23-19(22)17-20-15-13-14-18(20)21/h2-17H2,1H3. The monoisotopic (exact) mass is 325 g/mol. The molecule has 0 bridgehead atoms. The summed E-state index contributed by atoms with van der Waals surface area (Å²) in [5.41, 5.74) is 0. The minimum Gasteiger partial charge on any atom is -0.464 e. The Morgan fingerprint density at radius 3 is 2.04 bits per heavy atom. The van der Waals surface area contributed by atoms with Gasteiger partial charge in [0, 0.05) is 13.0 Å². The van der Waals surface area contributed by atoms with Crippen LogP contribution in [0.2, 0.25) is 0 Å². The fourth-order valence-electron chi connectivity index (χ4n) is 3.02. The van der Waals surface area contributed by atoms with Gasteiger partial charge < -0.3 is 9.64 Å². The molecule has 1 amide bonds. The molecule has 1 fully saturated rings. The van der Waals surface area contributed by atoms with Gasteiger partial charge in [0.05, 0.1) is 6.61 Å². The molecule has 134 valence electrons. The number of carbonyl (C=O) groups is 2. The maximum atomic E-state index is 11.6. The van der Waals surface area contributed by atoms with Gasteiger partial charge >= 0.3 is 5.97 Å². The molecular weight excluding hydrogens is 290 g/mol. The first-order valence-electron chi connectivity index (χ1n) is 9.67. The number of likely N-dealkylation sites (tertiary alicyclic amines) is 1. The van der Waals surface area contributed by atoms with Crippen molar-refractivity contribution < 1.29 is 14.3 Å². The molecule has 0 radical (unpaired) electrons. The van der Waals surface area contributed by atoms with E-state index in [1.165, 1.54) is 57.8 Å². The Morgan fingerprint density at radius 2 is 1.52 bits per heavy atom. The van der Waals surface area contributed by atoms with Gasteiger partial charge in [-0.25, -0.2) is 0 Å². The van der Waals surface area contributed by atoms with E-state index in [9.17, 15) is 9.59 Å². The van der Waals surface area contributed by atoms with Gasteiger partial charge in [-0.05, 0) is 12.8 Å². The third-order valence-corrected chi connectivity index (χ3v) is 4.50. The highest BCUT2D eigenvalue weighted by Crippen LogP contribution is 2.12. The SMILES string of the molecule is CCCCCCCCCCCCCOC(=O)CN1CCCC1=O. The van der Waals surface area contributed by atoms with Crippen LogP contribution in [0.25, 0.3) is 0 Å². The average Bonchev–Trinajstić information content (AvgIpc) is 2.93. The summed E-state index contributed by atoms with van der Waals surface area (Å²) >= 11 is 0. The van der Waals surface area contributed by atoms with E-state index in [0.29, 0.717) is 19.6 Å². The van der Waals surface area contributed by atoms with Gasteiger partial charge in [-0.1, -0.05) is 71.1 Å².